The van der Waals surface area contributed by atoms with Gasteiger partial charge in [0.15, 0.2) is 0 Å². The number of hydrogen-bond acceptors (Lipinski definition) is 6. The maximum atomic E-state index is 13.6. The number of benzene rings is 2. The molecule has 0 fully saturated rings. The van der Waals surface area contributed by atoms with E-state index >= 15 is 0 Å². The maximum absolute atomic E-state index is 13.6. The highest BCUT2D eigenvalue weighted by Gasteiger charge is 2.30. The Kier molecular flexibility index (Phi) is 10.3. The van der Waals surface area contributed by atoms with Crippen molar-refractivity contribution in [3.8, 4) is 0 Å². The van der Waals surface area contributed by atoms with Gasteiger partial charge in [-0.2, -0.15) is 11.8 Å². The number of thioether (sulfide) groups is 1. The highest BCUT2D eigenvalue weighted by molar-refractivity contribution is 7.98. The molecule has 4 aromatic rings. The van der Waals surface area contributed by atoms with Gasteiger partial charge in [0.05, 0.1) is 6.04 Å². The van der Waals surface area contributed by atoms with Crippen molar-refractivity contribution in [1.29, 1.82) is 0 Å². The van der Waals surface area contributed by atoms with Crippen LogP contribution < -0.4 is 21.7 Å². The van der Waals surface area contributed by atoms with Crippen LogP contribution in [-0.2, 0) is 32.0 Å². The second-order valence-electron chi connectivity index (χ2n) is 10.2. The van der Waals surface area contributed by atoms with Crippen LogP contribution in [0.5, 0.6) is 0 Å². The van der Waals surface area contributed by atoms with Crippen LogP contribution >= 0.6 is 11.8 Å². The first-order chi connectivity index (χ1) is 20.2. The third-order valence-corrected chi connectivity index (χ3v) is 7.81. The molecule has 0 saturated heterocycles. The Hall–Kier alpha value is -4.29. The van der Waals surface area contributed by atoms with Gasteiger partial charge < -0.3 is 36.8 Å². The molecule has 3 amide bonds. The number of carboxylic acid groups (broad SMARTS) is 1. The summed E-state index contributed by atoms with van der Waals surface area (Å²) in [5.74, 6) is -2.22. The molecule has 0 saturated carbocycles. The van der Waals surface area contributed by atoms with E-state index in [1.165, 1.54) is 6.92 Å². The molecule has 2 aromatic heterocycles. The highest BCUT2D eigenvalue weighted by Crippen LogP contribution is 2.21. The van der Waals surface area contributed by atoms with E-state index in [-0.39, 0.29) is 12.8 Å². The third kappa shape index (κ3) is 7.51. The number of aromatic nitrogens is 2. The first kappa shape index (κ1) is 30.7. The zero-order valence-corrected chi connectivity index (χ0v) is 24.3. The number of amides is 3. The summed E-state index contributed by atoms with van der Waals surface area (Å²) in [5, 5.41) is 19.7. The standard InChI is InChI=1S/C30H36N6O5S/c1-17(34-28(38)22(31)11-12-42-2)27(37)35-25(13-18-15-32-23-9-5-3-7-20(18)23)29(39)36-26(30(40)41)14-19-16-33-24-10-6-4-8-21(19)24/h3-10,15-17,22,25-26,32-33H,11-14,31H2,1-2H3,(H,34,38)(H,35,37)(H,36,39)(H,40,41). The van der Waals surface area contributed by atoms with Gasteiger partial charge in [0.25, 0.3) is 0 Å². The van der Waals surface area contributed by atoms with E-state index < -0.39 is 47.9 Å². The monoisotopic (exact) mass is 592 g/mol. The summed E-state index contributed by atoms with van der Waals surface area (Å²) < 4.78 is 0. The van der Waals surface area contributed by atoms with E-state index in [9.17, 15) is 24.3 Å². The van der Waals surface area contributed by atoms with E-state index in [0.29, 0.717) is 12.2 Å². The number of carboxylic acids is 1. The molecule has 0 radical (unpaired) electrons. The number of aliphatic carboxylic acids is 1. The van der Waals surface area contributed by atoms with Crippen LogP contribution in [0.4, 0.5) is 0 Å². The van der Waals surface area contributed by atoms with Crippen LogP contribution in [-0.4, -0.2) is 74.9 Å². The number of rotatable bonds is 14. The van der Waals surface area contributed by atoms with Crippen LogP contribution in [0.2, 0.25) is 0 Å². The van der Waals surface area contributed by atoms with Gasteiger partial charge in [-0.1, -0.05) is 36.4 Å². The van der Waals surface area contributed by atoms with Crippen molar-refractivity contribution >= 4 is 57.3 Å². The molecule has 4 rings (SSSR count). The first-order valence-corrected chi connectivity index (χ1v) is 15.1. The average molecular weight is 593 g/mol. The topological polar surface area (TPSA) is 182 Å². The summed E-state index contributed by atoms with van der Waals surface area (Å²) in [4.78, 5) is 57.7. The normalized spacial score (nSPS) is 14.2. The quantitative estimate of drug-likeness (QED) is 0.117. The Morgan fingerprint density at radius 3 is 1.88 bits per heavy atom. The lowest BCUT2D eigenvalue weighted by atomic mass is 10.0. The number of aromatic amines is 2. The van der Waals surface area contributed by atoms with Crippen LogP contribution in [0.3, 0.4) is 0 Å². The Labute approximate surface area is 247 Å². The van der Waals surface area contributed by atoms with Gasteiger partial charge >= 0.3 is 5.97 Å². The molecule has 0 aliphatic rings. The molecule has 4 atom stereocenters. The second-order valence-corrected chi connectivity index (χ2v) is 11.2. The third-order valence-electron chi connectivity index (χ3n) is 7.17. The molecule has 12 heteroatoms. The van der Waals surface area contributed by atoms with Crippen LogP contribution in [0.15, 0.2) is 60.9 Å². The highest BCUT2D eigenvalue weighted by atomic mass is 32.2. The van der Waals surface area contributed by atoms with Crippen molar-refractivity contribution < 1.29 is 24.3 Å². The van der Waals surface area contributed by atoms with Crippen molar-refractivity contribution in [2.75, 3.05) is 12.0 Å². The summed E-state index contributed by atoms with van der Waals surface area (Å²) in [6.45, 7) is 1.51. The largest absolute Gasteiger partial charge is 0.480 e. The number of fused-ring (bicyclic) bond motifs is 2. The molecule has 2 heterocycles. The van der Waals surface area contributed by atoms with Gasteiger partial charge in [0.2, 0.25) is 17.7 Å². The van der Waals surface area contributed by atoms with Crippen molar-refractivity contribution in [2.45, 2.75) is 50.4 Å². The number of nitrogens with one attached hydrogen (secondary N) is 5. The number of hydrogen-bond donors (Lipinski definition) is 7. The first-order valence-electron chi connectivity index (χ1n) is 13.7. The average Bonchev–Trinajstić information content (AvgIpc) is 3.59. The zero-order chi connectivity index (χ0) is 30.2. The minimum atomic E-state index is -1.24. The Balaban J connectivity index is 1.52. The number of H-pyrrole nitrogens is 2. The van der Waals surface area contributed by atoms with Crippen molar-refractivity contribution in [3.05, 3.63) is 72.1 Å². The Morgan fingerprint density at radius 2 is 1.33 bits per heavy atom. The number of carbonyl (C=O) groups is 4. The molecule has 0 spiro atoms. The molecule has 222 valence electrons. The molecule has 42 heavy (non-hydrogen) atoms. The fourth-order valence-electron chi connectivity index (χ4n) is 4.78. The van der Waals surface area contributed by atoms with Crippen LogP contribution in [0.1, 0.15) is 24.5 Å². The molecule has 0 aliphatic heterocycles. The van der Waals surface area contributed by atoms with Gasteiger partial charge in [-0.15, -0.1) is 0 Å². The molecular weight excluding hydrogens is 556 g/mol. The molecule has 0 aliphatic carbocycles. The fraction of sp³-hybridized carbons (Fsp3) is 0.333. The van der Waals surface area contributed by atoms with Gasteiger partial charge in [-0.3, -0.25) is 14.4 Å². The van der Waals surface area contributed by atoms with E-state index in [2.05, 4.69) is 25.9 Å². The van der Waals surface area contributed by atoms with Gasteiger partial charge in [0, 0.05) is 47.0 Å². The van der Waals surface area contributed by atoms with Crippen molar-refractivity contribution in [2.24, 2.45) is 5.73 Å². The summed E-state index contributed by atoms with van der Waals surface area (Å²) in [6.07, 6.45) is 5.99. The summed E-state index contributed by atoms with van der Waals surface area (Å²) in [6, 6.07) is 10.9. The lowest BCUT2D eigenvalue weighted by Gasteiger charge is -2.24. The number of para-hydroxylation sites is 2. The fourth-order valence-corrected chi connectivity index (χ4v) is 5.27. The predicted octanol–water partition coefficient (Wildman–Crippen LogP) is 2.07. The molecule has 0 bridgehead atoms. The smallest absolute Gasteiger partial charge is 0.326 e. The van der Waals surface area contributed by atoms with Crippen molar-refractivity contribution in [1.82, 2.24) is 25.9 Å². The van der Waals surface area contributed by atoms with Gasteiger partial charge in [-0.25, -0.2) is 4.79 Å². The maximum Gasteiger partial charge on any atom is 0.326 e. The molecule has 11 nitrogen and oxygen atoms in total. The molecular formula is C30H36N6O5S. The Morgan fingerprint density at radius 1 is 0.810 bits per heavy atom. The van der Waals surface area contributed by atoms with Gasteiger partial charge in [-0.05, 0) is 48.6 Å². The lowest BCUT2D eigenvalue weighted by molar-refractivity contribution is -0.142. The van der Waals surface area contributed by atoms with Crippen LogP contribution in [0.25, 0.3) is 21.8 Å². The van der Waals surface area contributed by atoms with E-state index in [4.69, 9.17) is 5.73 Å². The van der Waals surface area contributed by atoms with Crippen LogP contribution in [0, 0.1) is 0 Å². The molecule has 2 aromatic carbocycles. The van der Waals surface area contributed by atoms with E-state index in [1.807, 2.05) is 54.8 Å². The Bertz CT molecular complexity index is 1570. The summed E-state index contributed by atoms with van der Waals surface area (Å²) >= 11 is 1.56. The SMILES string of the molecule is CSCCC(N)C(=O)NC(C)C(=O)NC(Cc1c[nH]c2ccccc12)C(=O)NC(Cc1c[nH]c2ccccc12)C(=O)O. The minimum absolute atomic E-state index is 0.0409. The van der Waals surface area contributed by atoms with E-state index in [0.717, 1.165) is 32.9 Å². The lowest BCUT2D eigenvalue weighted by Crippen LogP contribution is -2.57. The molecule has 4 unspecified atom stereocenters. The summed E-state index contributed by atoms with van der Waals surface area (Å²) in [7, 11) is 0. The number of nitrogens with two attached hydrogens (primary N) is 1. The minimum Gasteiger partial charge on any atom is -0.480 e. The summed E-state index contributed by atoms with van der Waals surface area (Å²) in [5.41, 5.74) is 9.16. The predicted molar refractivity (Wildman–Crippen MR) is 164 cm³/mol. The van der Waals surface area contributed by atoms with Gasteiger partial charge in [0.1, 0.15) is 18.1 Å². The van der Waals surface area contributed by atoms with E-state index in [1.54, 1.807) is 24.2 Å². The van der Waals surface area contributed by atoms with Crippen molar-refractivity contribution in [3.63, 3.8) is 0 Å². The zero-order valence-electron chi connectivity index (χ0n) is 23.5. The number of carbonyl (C=O) groups excluding carboxylic acids is 3. The molecule has 8 N–H and O–H groups in total. The second kappa shape index (κ2) is 14.1.